The van der Waals surface area contributed by atoms with Gasteiger partial charge in [-0.15, -0.1) is 0 Å². The highest BCUT2D eigenvalue weighted by atomic mass is 35.5. The van der Waals surface area contributed by atoms with Gasteiger partial charge in [-0.1, -0.05) is 23.2 Å². The van der Waals surface area contributed by atoms with Crippen LogP contribution in [0.5, 0.6) is 0 Å². The van der Waals surface area contributed by atoms with Crippen LogP contribution in [0.15, 0.2) is 24.3 Å². The fourth-order valence-corrected chi connectivity index (χ4v) is 1.48. The SMILES string of the molecule is Nc1ccc(-c2ccc(N)c(Cl)n2)nc1Cl. The Bertz CT molecular complexity index is 493. The average Bonchev–Trinajstić information content (AvgIpc) is 2.26. The van der Waals surface area contributed by atoms with Crippen molar-refractivity contribution in [3.05, 3.63) is 34.6 Å². The molecule has 0 aliphatic rings. The van der Waals surface area contributed by atoms with Gasteiger partial charge in [-0.05, 0) is 24.3 Å². The number of aromatic nitrogens is 2. The quantitative estimate of drug-likeness (QED) is 0.768. The topological polar surface area (TPSA) is 77.8 Å². The van der Waals surface area contributed by atoms with Crippen molar-refractivity contribution in [1.82, 2.24) is 9.97 Å². The maximum atomic E-state index is 5.81. The Morgan fingerprint density at radius 1 is 0.750 bits per heavy atom. The van der Waals surface area contributed by atoms with Gasteiger partial charge in [0.2, 0.25) is 0 Å². The van der Waals surface area contributed by atoms with Crippen molar-refractivity contribution >= 4 is 34.6 Å². The van der Waals surface area contributed by atoms with Gasteiger partial charge in [0.25, 0.3) is 0 Å². The van der Waals surface area contributed by atoms with Gasteiger partial charge >= 0.3 is 0 Å². The molecular weight excluding hydrogens is 247 g/mol. The Morgan fingerprint density at radius 3 is 1.44 bits per heavy atom. The minimum Gasteiger partial charge on any atom is -0.396 e. The molecule has 0 radical (unpaired) electrons. The number of nitrogens with two attached hydrogens (primary N) is 2. The van der Waals surface area contributed by atoms with Crippen LogP contribution in [0.2, 0.25) is 10.3 Å². The van der Waals surface area contributed by atoms with Gasteiger partial charge in [-0.25, -0.2) is 9.97 Å². The third kappa shape index (κ3) is 2.03. The average molecular weight is 255 g/mol. The predicted molar refractivity (Wildman–Crippen MR) is 66.3 cm³/mol. The zero-order chi connectivity index (χ0) is 11.7. The number of anilines is 2. The Morgan fingerprint density at radius 2 is 1.12 bits per heavy atom. The maximum Gasteiger partial charge on any atom is 0.152 e. The van der Waals surface area contributed by atoms with E-state index < -0.39 is 0 Å². The Labute approximate surface area is 102 Å². The molecule has 0 atom stereocenters. The van der Waals surface area contributed by atoms with E-state index in [1.165, 1.54) is 0 Å². The molecule has 0 unspecified atom stereocenters. The van der Waals surface area contributed by atoms with Gasteiger partial charge in [0.15, 0.2) is 10.3 Å². The molecule has 2 aromatic rings. The van der Waals surface area contributed by atoms with Crippen LogP contribution in [0, 0.1) is 0 Å². The van der Waals surface area contributed by atoms with Crippen LogP contribution in [-0.2, 0) is 0 Å². The molecule has 0 aliphatic carbocycles. The van der Waals surface area contributed by atoms with Crippen molar-refractivity contribution in [2.45, 2.75) is 0 Å². The first-order chi connectivity index (χ1) is 7.58. The third-order valence-corrected chi connectivity index (χ3v) is 2.62. The van der Waals surface area contributed by atoms with Crippen molar-refractivity contribution < 1.29 is 0 Å². The lowest BCUT2D eigenvalue weighted by molar-refractivity contribution is 1.25. The smallest absolute Gasteiger partial charge is 0.152 e. The minimum absolute atomic E-state index is 0.243. The summed E-state index contributed by atoms with van der Waals surface area (Å²) in [6.07, 6.45) is 0. The van der Waals surface area contributed by atoms with E-state index in [9.17, 15) is 0 Å². The number of halogens is 2. The summed E-state index contributed by atoms with van der Waals surface area (Å²) in [5.41, 5.74) is 13.2. The first kappa shape index (κ1) is 11.0. The second-order valence-electron chi connectivity index (χ2n) is 3.15. The molecule has 0 aromatic carbocycles. The number of nitrogens with zero attached hydrogens (tertiary/aromatic N) is 2. The first-order valence-electron chi connectivity index (χ1n) is 4.42. The number of hydrogen-bond acceptors (Lipinski definition) is 4. The Hall–Kier alpha value is -1.52. The van der Waals surface area contributed by atoms with Crippen LogP contribution < -0.4 is 11.5 Å². The third-order valence-electron chi connectivity index (χ3n) is 2.02. The Kier molecular flexibility index (Phi) is 2.85. The highest BCUT2D eigenvalue weighted by Crippen LogP contribution is 2.24. The lowest BCUT2D eigenvalue weighted by Gasteiger charge is -2.04. The van der Waals surface area contributed by atoms with E-state index in [1.54, 1.807) is 24.3 Å². The monoisotopic (exact) mass is 254 g/mol. The molecule has 0 fully saturated rings. The van der Waals surface area contributed by atoms with Crippen molar-refractivity contribution in [1.29, 1.82) is 0 Å². The molecule has 16 heavy (non-hydrogen) atoms. The lowest BCUT2D eigenvalue weighted by Crippen LogP contribution is -1.95. The van der Waals surface area contributed by atoms with Crippen molar-refractivity contribution in [3.63, 3.8) is 0 Å². The van der Waals surface area contributed by atoms with Crippen LogP contribution in [0.4, 0.5) is 11.4 Å². The van der Waals surface area contributed by atoms with E-state index in [0.717, 1.165) is 0 Å². The van der Waals surface area contributed by atoms with E-state index in [2.05, 4.69) is 9.97 Å². The standard InChI is InChI=1S/C10H8Cl2N4/c11-9-5(13)1-3-7(15-9)8-4-2-6(14)10(12)16-8/h1-4H,13-14H2. The fraction of sp³-hybridized carbons (Fsp3) is 0. The largest absolute Gasteiger partial charge is 0.396 e. The van der Waals surface area contributed by atoms with Crippen molar-refractivity contribution in [3.8, 4) is 11.4 Å². The van der Waals surface area contributed by atoms with E-state index in [4.69, 9.17) is 34.7 Å². The molecule has 0 amide bonds. The highest BCUT2D eigenvalue weighted by Gasteiger charge is 2.06. The molecule has 0 saturated heterocycles. The minimum atomic E-state index is 0.243. The van der Waals surface area contributed by atoms with E-state index in [0.29, 0.717) is 22.8 Å². The summed E-state index contributed by atoms with van der Waals surface area (Å²) in [5.74, 6) is 0. The van der Waals surface area contributed by atoms with E-state index in [-0.39, 0.29) is 10.3 Å². The molecule has 0 spiro atoms. The number of rotatable bonds is 1. The molecule has 0 bridgehead atoms. The zero-order valence-corrected chi connectivity index (χ0v) is 9.63. The van der Waals surface area contributed by atoms with Crippen LogP contribution in [0.1, 0.15) is 0 Å². The summed E-state index contributed by atoms with van der Waals surface area (Å²) in [6.45, 7) is 0. The molecule has 2 rings (SSSR count). The fourth-order valence-electron chi connectivity index (χ4n) is 1.18. The van der Waals surface area contributed by atoms with Crippen LogP contribution in [0.25, 0.3) is 11.4 Å². The van der Waals surface area contributed by atoms with Gasteiger partial charge in [-0.3, -0.25) is 0 Å². The summed E-state index contributed by atoms with van der Waals surface area (Å²) in [7, 11) is 0. The van der Waals surface area contributed by atoms with Gasteiger partial charge in [-0.2, -0.15) is 0 Å². The summed E-state index contributed by atoms with van der Waals surface area (Å²) >= 11 is 11.6. The molecule has 2 heterocycles. The van der Waals surface area contributed by atoms with Gasteiger partial charge in [0.1, 0.15) is 0 Å². The van der Waals surface area contributed by atoms with Crippen LogP contribution in [0.3, 0.4) is 0 Å². The summed E-state index contributed by atoms with van der Waals surface area (Å²) < 4.78 is 0. The zero-order valence-electron chi connectivity index (χ0n) is 8.11. The molecule has 6 heteroatoms. The van der Waals surface area contributed by atoms with E-state index >= 15 is 0 Å². The molecule has 0 aliphatic heterocycles. The summed E-state index contributed by atoms with van der Waals surface area (Å²) in [4.78, 5) is 8.18. The molecule has 82 valence electrons. The second kappa shape index (κ2) is 4.15. The normalized spacial score (nSPS) is 10.4. The predicted octanol–water partition coefficient (Wildman–Crippen LogP) is 2.61. The number of hydrogen-bond donors (Lipinski definition) is 2. The van der Waals surface area contributed by atoms with Gasteiger partial charge in [0, 0.05) is 0 Å². The molecule has 4 N–H and O–H groups in total. The molecule has 0 saturated carbocycles. The van der Waals surface area contributed by atoms with Crippen molar-refractivity contribution in [2.75, 3.05) is 11.5 Å². The molecular formula is C10H8Cl2N4. The van der Waals surface area contributed by atoms with Crippen LogP contribution in [-0.4, -0.2) is 9.97 Å². The van der Waals surface area contributed by atoms with E-state index in [1.807, 2.05) is 0 Å². The van der Waals surface area contributed by atoms with Gasteiger partial charge in [0.05, 0.1) is 22.8 Å². The number of nitrogen functional groups attached to an aromatic ring is 2. The van der Waals surface area contributed by atoms with Crippen molar-refractivity contribution in [2.24, 2.45) is 0 Å². The maximum absolute atomic E-state index is 5.81. The molecule has 4 nitrogen and oxygen atoms in total. The Balaban J connectivity index is 2.50. The second-order valence-corrected chi connectivity index (χ2v) is 3.87. The lowest BCUT2D eigenvalue weighted by atomic mass is 10.2. The summed E-state index contributed by atoms with van der Waals surface area (Å²) in [5, 5.41) is 0.486. The first-order valence-corrected chi connectivity index (χ1v) is 5.18. The van der Waals surface area contributed by atoms with Gasteiger partial charge < -0.3 is 11.5 Å². The molecule has 2 aromatic heterocycles. The summed E-state index contributed by atoms with van der Waals surface area (Å²) in [6, 6.07) is 6.76. The van der Waals surface area contributed by atoms with Crippen LogP contribution >= 0.6 is 23.2 Å². The highest BCUT2D eigenvalue weighted by molar-refractivity contribution is 6.32. The number of pyridine rings is 2.